The summed E-state index contributed by atoms with van der Waals surface area (Å²) in [6.45, 7) is 2.92. The molecule has 2 aromatic rings. The molecule has 2 rings (SSSR count). The number of imidazole rings is 1. The van der Waals surface area contributed by atoms with Crippen molar-refractivity contribution < 1.29 is 9.84 Å². The van der Waals surface area contributed by atoms with E-state index in [0.29, 0.717) is 18.8 Å². The zero-order valence-corrected chi connectivity index (χ0v) is 11.5. The summed E-state index contributed by atoms with van der Waals surface area (Å²) in [4.78, 5) is 4.61. The molecule has 5 nitrogen and oxygen atoms in total. The van der Waals surface area contributed by atoms with Gasteiger partial charge in [0, 0.05) is 19.2 Å². The number of nitrogens with zero attached hydrogens (tertiary/aromatic N) is 2. The van der Waals surface area contributed by atoms with Crippen LogP contribution in [0, 0.1) is 0 Å². The maximum absolute atomic E-state index is 9.93. The van der Waals surface area contributed by atoms with E-state index in [1.165, 1.54) is 0 Å². The Labute approximate surface area is 113 Å². The summed E-state index contributed by atoms with van der Waals surface area (Å²) in [7, 11) is 1.59. The minimum Gasteiger partial charge on any atom is -0.399 e. The Balaban J connectivity index is 2.39. The lowest BCUT2D eigenvalue weighted by Gasteiger charge is -2.13. The third kappa shape index (κ3) is 3.05. The zero-order chi connectivity index (χ0) is 13.8. The van der Waals surface area contributed by atoms with Gasteiger partial charge in [-0.2, -0.15) is 0 Å². The summed E-state index contributed by atoms with van der Waals surface area (Å²) < 4.78 is 7.04. The van der Waals surface area contributed by atoms with Crippen LogP contribution >= 0.6 is 0 Å². The molecule has 0 radical (unpaired) electrons. The molecule has 0 aliphatic carbocycles. The van der Waals surface area contributed by atoms with Crippen LogP contribution in [0.3, 0.4) is 0 Å². The molecule has 1 atom stereocenters. The summed E-state index contributed by atoms with van der Waals surface area (Å²) >= 11 is 0. The van der Waals surface area contributed by atoms with Crippen LogP contribution in [-0.4, -0.2) is 34.5 Å². The topological polar surface area (TPSA) is 73.3 Å². The second-order valence-electron chi connectivity index (χ2n) is 4.75. The number of ether oxygens (including phenoxy) is 1. The van der Waals surface area contributed by atoms with Gasteiger partial charge in [0.25, 0.3) is 0 Å². The van der Waals surface area contributed by atoms with E-state index < -0.39 is 6.10 Å². The monoisotopic (exact) mass is 263 g/mol. The summed E-state index contributed by atoms with van der Waals surface area (Å²) in [6, 6.07) is 5.68. The zero-order valence-electron chi connectivity index (χ0n) is 11.5. The minimum atomic E-state index is -0.532. The Hall–Kier alpha value is -1.59. The van der Waals surface area contributed by atoms with Crippen LogP contribution in [0.2, 0.25) is 0 Å². The van der Waals surface area contributed by atoms with E-state index in [0.717, 1.165) is 29.7 Å². The first-order valence-electron chi connectivity index (χ1n) is 6.57. The number of aromatic nitrogens is 2. The fourth-order valence-corrected chi connectivity index (χ4v) is 2.27. The largest absolute Gasteiger partial charge is 0.399 e. The smallest absolute Gasteiger partial charge is 0.109 e. The van der Waals surface area contributed by atoms with E-state index in [-0.39, 0.29) is 0 Å². The molecule has 0 saturated carbocycles. The van der Waals surface area contributed by atoms with Crippen LogP contribution in [0.25, 0.3) is 11.0 Å². The molecule has 0 amide bonds. The molecule has 19 heavy (non-hydrogen) atoms. The molecule has 0 aliphatic heterocycles. The number of aliphatic hydroxyl groups is 1. The number of aliphatic hydroxyl groups excluding tert-OH is 1. The third-order valence-electron chi connectivity index (χ3n) is 3.08. The van der Waals surface area contributed by atoms with Crippen molar-refractivity contribution in [1.29, 1.82) is 0 Å². The van der Waals surface area contributed by atoms with Crippen molar-refractivity contribution >= 4 is 16.7 Å². The van der Waals surface area contributed by atoms with Gasteiger partial charge in [0.05, 0.1) is 30.3 Å². The molecule has 1 aromatic carbocycles. The van der Waals surface area contributed by atoms with E-state index in [1.54, 1.807) is 7.11 Å². The third-order valence-corrected chi connectivity index (χ3v) is 3.08. The fourth-order valence-electron chi connectivity index (χ4n) is 2.27. The molecule has 1 unspecified atom stereocenters. The van der Waals surface area contributed by atoms with Gasteiger partial charge in [-0.05, 0) is 24.6 Å². The van der Waals surface area contributed by atoms with Gasteiger partial charge in [0.1, 0.15) is 5.82 Å². The van der Waals surface area contributed by atoms with Crippen molar-refractivity contribution in [2.75, 3.05) is 19.5 Å². The Morgan fingerprint density at radius 1 is 1.47 bits per heavy atom. The molecule has 3 N–H and O–H groups in total. The first-order chi connectivity index (χ1) is 9.15. The number of benzene rings is 1. The summed E-state index contributed by atoms with van der Waals surface area (Å²) in [5.74, 6) is 0.984. The van der Waals surface area contributed by atoms with Crippen molar-refractivity contribution in [3.05, 3.63) is 24.0 Å². The predicted molar refractivity (Wildman–Crippen MR) is 76.0 cm³/mol. The number of aryl methyl sites for hydroxylation is 1. The first-order valence-corrected chi connectivity index (χ1v) is 6.57. The molecule has 1 aromatic heterocycles. The molecule has 104 valence electrons. The van der Waals surface area contributed by atoms with E-state index in [2.05, 4.69) is 16.5 Å². The molecular weight excluding hydrogens is 242 g/mol. The highest BCUT2D eigenvalue weighted by atomic mass is 16.5. The number of hydrogen-bond donors (Lipinski definition) is 2. The van der Waals surface area contributed by atoms with Crippen molar-refractivity contribution in [2.45, 2.75) is 32.4 Å². The first kappa shape index (κ1) is 13.8. The number of nitrogens with two attached hydrogens (primary N) is 1. The maximum Gasteiger partial charge on any atom is 0.109 e. The number of methoxy groups -OCH3 is 1. The maximum atomic E-state index is 9.93. The average molecular weight is 263 g/mol. The van der Waals surface area contributed by atoms with Crippen LogP contribution in [0.5, 0.6) is 0 Å². The Morgan fingerprint density at radius 2 is 2.26 bits per heavy atom. The lowest BCUT2D eigenvalue weighted by Crippen LogP contribution is -2.22. The summed E-state index contributed by atoms with van der Waals surface area (Å²) in [6.07, 6.45) is 1.36. The molecule has 1 heterocycles. The molecule has 0 fully saturated rings. The van der Waals surface area contributed by atoms with Gasteiger partial charge in [-0.15, -0.1) is 0 Å². The molecule has 5 heteroatoms. The second kappa shape index (κ2) is 6.04. The number of rotatable bonds is 6. The van der Waals surface area contributed by atoms with Crippen molar-refractivity contribution in [1.82, 2.24) is 9.55 Å². The SMILES string of the molecule is CCCc1nc2cc(N)ccc2n1CC(O)COC. The van der Waals surface area contributed by atoms with Crippen molar-refractivity contribution in [3.63, 3.8) is 0 Å². The Bertz CT molecular complexity index is 551. The fraction of sp³-hybridized carbons (Fsp3) is 0.500. The number of anilines is 1. The second-order valence-corrected chi connectivity index (χ2v) is 4.75. The normalized spacial score (nSPS) is 13.0. The van der Waals surface area contributed by atoms with E-state index >= 15 is 0 Å². The van der Waals surface area contributed by atoms with Gasteiger partial charge in [-0.25, -0.2) is 4.98 Å². The standard InChI is InChI=1S/C14H21N3O2/c1-3-4-14-16-12-7-10(15)5-6-13(12)17(14)8-11(18)9-19-2/h5-7,11,18H,3-4,8-9,15H2,1-2H3. The number of hydrogen-bond acceptors (Lipinski definition) is 4. The summed E-state index contributed by atoms with van der Waals surface area (Å²) in [5.41, 5.74) is 8.38. The van der Waals surface area contributed by atoms with Gasteiger partial charge in [0.2, 0.25) is 0 Å². The molecule has 0 spiro atoms. The quantitative estimate of drug-likeness (QED) is 0.776. The van der Waals surface area contributed by atoms with Crippen LogP contribution < -0.4 is 5.73 Å². The van der Waals surface area contributed by atoms with Gasteiger partial charge >= 0.3 is 0 Å². The molecular formula is C14H21N3O2. The van der Waals surface area contributed by atoms with E-state index in [9.17, 15) is 5.11 Å². The average Bonchev–Trinajstić information content (AvgIpc) is 2.67. The van der Waals surface area contributed by atoms with E-state index in [4.69, 9.17) is 10.5 Å². The predicted octanol–water partition coefficient (Wildman–Crippen LogP) is 1.58. The number of nitrogen functional groups attached to an aromatic ring is 1. The van der Waals surface area contributed by atoms with Gasteiger partial charge < -0.3 is 20.1 Å². The highest BCUT2D eigenvalue weighted by molar-refractivity contribution is 5.79. The highest BCUT2D eigenvalue weighted by Gasteiger charge is 2.13. The summed E-state index contributed by atoms with van der Waals surface area (Å²) in [5, 5.41) is 9.93. The van der Waals surface area contributed by atoms with Crippen LogP contribution in [0.4, 0.5) is 5.69 Å². The Morgan fingerprint density at radius 3 is 2.95 bits per heavy atom. The van der Waals surface area contributed by atoms with Crippen LogP contribution in [0.1, 0.15) is 19.2 Å². The lowest BCUT2D eigenvalue weighted by molar-refractivity contribution is 0.0539. The van der Waals surface area contributed by atoms with Gasteiger partial charge in [-0.3, -0.25) is 0 Å². The van der Waals surface area contributed by atoms with Crippen molar-refractivity contribution in [3.8, 4) is 0 Å². The van der Waals surface area contributed by atoms with Crippen molar-refractivity contribution in [2.24, 2.45) is 0 Å². The van der Waals surface area contributed by atoms with Gasteiger partial charge in [-0.1, -0.05) is 6.92 Å². The number of fused-ring (bicyclic) bond motifs is 1. The minimum absolute atomic E-state index is 0.320. The van der Waals surface area contributed by atoms with E-state index in [1.807, 2.05) is 18.2 Å². The van der Waals surface area contributed by atoms with Crippen LogP contribution in [-0.2, 0) is 17.7 Å². The Kier molecular flexibility index (Phi) is 4.39. The highest BCUT2D eigenvalue weighted by Crippen LogP contribution is 2.20. The van der Waals surface area contributed by atoms with Gasteiger partial charge in [0.15, 0.2) is 0 Å². The molecule has 0 bridgehead atoms. The van der Waals surface area contributed by atoms with Crippen LogP contribution in [0.15, 0.2) is 18.2 Å². The lowest BCUT2D eigenvalue weighted by atomic mass is 10.2. The molecule has 0 aliphatic rings. The molecule has 0 saturated heterocycles.